The maximum atomic E-state index is 5.92. The van der Waals surface area contributed by atoms with Crippen molar-refractivity contribution in [2.45, 2.75) is 64.1 Å². The summed E-state index contributed by atoms with van der Waals surface area (Å²) >= 11 is 0. The van der Waals surface area contributed by atoms with Crippen LogP contribution in [0.3, 0.4) is 0 Å². The lowest BCUT2D eigenvalue weighted by atomic mass is 9.98. The van der Waals surface area contributed by atoms with Crippen LogP contribution in [0.25, 0.3) is 0 Å². The van der Waals surface area contributed by atoms with E-state index in [9.17, 15) is 0 Å². The van der Waals surface area contributed by atoms with Crippen molar-refractivity contribution in [2.24, 2.45) is 0 Å². The molecular weight excluding hydrogens is 424 g/mol. The average molecular weight is 473 g/mol. The van der Waals surface area contributed by atoms with E-state index < -0.39 is 0 Å². The van der Waals surface area contributed by atoms with Crippen LogP contribution in [0.15, 0.2) is 24.3 Å². The summed E-state index contributed by atoms with van der Waals surface area (Å²) in [4.78, 5) is 10.8. The second-order valence-corrected chi connectivity index (χ2v) is 10.8. The number of nitrogens with zero attached hydrogens (tertiary/aromatic N) is 4. The number of hydrogen-bond acceptors (Lipinski definition) is 6. The van der Waals surface area contributed by atoms with Gasteiger partial charge in [0.1, 0.15) is 5.75 Å². The van der Waals surface area contributed by atoms with Gasteiger partial charge in [-0.05, 0) is 83.4 Å². The van der Waals surface area contributed by atoms with E-state index in [1.54, 1.807) is 7.11 Å². The Morgan fingerprint density at radius 3 is 2.12 bits per heavy atom. The summed E-state index contributed by atoms with van der Waals surface area (Å²) in [5, 5.41) is 0. The predicted octanol–water partition coefficient (Wildman–Crippen LogP) is 3.73. The molecule has 192 valence electrons. The molecule has 1 aromatic rings. The molecule has 0 N–H and O–H groups in total. The molecule has 34 heavy (non-hydrogen) atoms. The minimum atomic E-state index is 0.211. The monoisotopic (exact) mass is 472 g/mol. The molecule has 0 aromatic heterocycles. The molecule has 3 aliphatic rings. The maximum Gasteiger partial charge on any atom is 0.119 e. The minimum absolute atomic E-state index is 0.211. The molecule has 1 atom stereocenters. The molecule has 1 aromatic carbocycles. The number of likely N-dealkylation sites (tertiary alicyclic amines) is 2. The summed E-state index contributed by atoms with van der Waals surface area (Å²) in [6, 6.07) is 10.2. The van der Waals surface area contributed by atoms with Crippen LogP contribution >= 0.6 is 0 Å². The van der Waals surface area contributed by atoms with Gasteiger partial charge in [-0.2, -0.15) is 0 Å². The Bertz CT molecular complexity index is 691. The second-order valence-electron chi connectivity index (χ2n) is 10.8. The Hall–Kier alpha value is -1.18. The molecule has 0 aliphatic carbocycles. The van der Waals surface area contributed by atoms with Crippen molar-refractivity contribution in [3.8, 4) is 5.75 Å². The van der Waals surface area contributed by atoms with Crippen LogP contribution in [0, 0.1) is 0 Å². The summed E-state index contributed by atoms with van der Waals surface area (Å²) in [7, 11) is 1.80. The Kier molecular flexibility index (Phi) is 10.1. The van der Waals surface area contributed by atoms with Gasteiger partial charge in [-0.1, -0.05) is 18.6 Å². The zero-order valence-electron chi connectivity index (χ0n) is 22.0. The zero-order valence-corrected chi connectivity index (χ0v) is 22.0. The summed E-state index contributed by atoms with van der Waals surface area (Å²) in [6.07, 6.45) is 7.10. The Morgan fingerprint density at radius 2 is 1.50 bits per heavy atom. The minimum Gasteiger partial charge on any atom is -0.491 e. The lowest BCUT2D eigenvalue weighted by Gasteiger charge is -2.44. The Labute approximate surface area is 208 Å². The van der Waals surface area contributed by atoms with Crippen molar-refractivity contribution < 1.29 is 9.47 Å². The van der Waals surface area contributed by atoms with Gasteiger partial charge in [0.15, 0.2) is 0 Å². The molecule has 0 bridgehead atoms. The van der Waals surface area contributed by atoms with Gasteiger partial charge in [0.05, 0.1) is 12.7 Å². The fourth-order valence-corrected chi connectivity index (χ4v) is 5.99. The third-order valence-corrected chi connectivity index (χ3v) is 7.99. The zero-order chi connectivity index (χ0) is 23.8. The molecule has 3 saturated heterocycles. The first-order chi connectivity index (χ1) is 16.6. The van der Waals surface area contributed by atoms with Crippen LogP contribution in [-0.2, 0) is 4.74 Å². The number of hydrogen-bond donors (Lipinski definition) is 0. The number of rotatable bonds is 10. The van der Waals surface area contributed by atoms with Crippen LogP contribution < -0.4 is 4.74 Å². The number of ether oxygens (including phenoxy) is 2. The van der Waals surface area contributed by atoms with E-state index in [-0.39, 0.29) is 6.10 Å². The fraction of sp³-hybridized carbons (Fsp3) is 0.786. The largest absolute Gasteiger partial charge is 0.491 e. The third kappa shape index (κ3) is 7.41. The molecule has 0 spiro atoms. The molecule has 3 aliphatic heterocycles. The molecule has 3 fully saturated rings. The van der Waals surface area contributed by atoms with Crippen LogP contribution in [0.5, 0.6) is 5.75 Å². The standard InChI is InChI=1S/C28H48N4O2/c1-24(2)34-27-9-7-25(8-10-27)28(32-19-17-29(18-20-32)21-22-33-3)23-30-15-11-26(12-16-30)31-13-5-4-6-14-31/h7-10,24,26,28H,4-6,11-23H2,1-3H3. The van der Waals surface area contributed by atoms with Crippen molar-refractivity contribution in [3.05, 3.63) is 29.8 Å². The maximum absolute atomic E-state index is 5.92. The van der Waals surface area contributed by atoms with Crippen molar-refractivity contribution in [3.63, 3.8) is 0 Å². The van der Waals surface area contributed by atoms with Gasteiger partial charge >= 0.3 is 0 Å². The van der Waals surface area contributed by atoms with Crippen molar-refractivity contribution >= 4 is 0 Å². The number of piperazine rings is 1. The second kappa shape index (κ2) is 13.2. The Balaban J connectivity index is 1.37. The topological polar surface area (TPSA) is 31.4 Å². The molecule has 0 amide bonds. The number of benzene rings is 1. The van der Waals surface area contributed by atoms with Crippen LogP contribution in [-0.4, -0.2) is 111 Å². The van der Waals surface area contributed by atoms with Crippen molar-refractivity contribution in [2.75, 3.05) is 79.2 Å². The van der Waals surface area contributed by atoms with E-state index in [0.29, 0.717) is 6.04 Å². The normalized spacial score (nSPS) is 23.4. The van der Waals surface area contributed by atoms with Gasteiger partial charge in [-0.15, -0.1) is 0 Å². The van der Waals surface area contributed by atoms with Crippen molar-refractivity contribution in [1.82, 2.24) is 19.6 Å². The predicted molar refractivity (Wildman–Crippen MR) is 140 cm³/mol. The summed E-state index contributed by atoms with van der Waals surface area (Å²) in [6.45, 7) is 16.8. The van der Waals surface area contributed by atoms with E-state index in [4.69, 9.17) is 9.47 Å². The lowest BCUT2D eigenvalue weighted by Crippen LogP contribution is -2.52. The molecule has 4 rings (SSSR count). The third-order valence-electron chi connectivity index (χ3n) is 7.99. The fourth-order valence-electron chi connectivity index (χ4n) is 5.99. The highest BCUT2D eigenvalue weighted by Crippen LogP contribution is 2.28. The van der Waals surface area contributed by atoms with Gasteiger partial charge in [-0.25, -0.2) is 0 Å². The highest BCUT2D eigenvalue weighted by Gasteiger charge is 2.30. The SMILES string of the molecule is COCCN1CCN(C(CN2CCC(N3CCCCC3)CC2)c2ccc(OC(C)C)cc2)CC1. The van der Waals surface area contributed by atoms with E-state index in [0.717, 1.165) is 57.7 Å². The molecule has 6 heteroatoms. The molecule has 3 heterocycles. The van der Waals surface area contributed by atoms with Gasteiger partial charge in [0, 0.05) is 58.5 Å². The van der Waals surface area contributed by atoms with Crippen molar-refractivity contribution in [1.29, 1.82) is 0 Å². The van der Waals surface area contributed by atoms with E-state index >= 15 is 0 Å². The van der Waals surface area contributed by atoms with E-state index in [2.05, 4.69) is 57.7 Å². The van der Waals surface area contributed by atoms with Gasteiger partial charge in [0.25, 0.3) is 0 Å². The van der Waals surface area contributed by atoms with E-state index in [1.165, 1.54) is 63.8 Å². The van der Waals surface area contributed by atoms with Gasteiger partial charge < -0.3 is 19.3 Å². The van der Waals surface area contributed by atoms with Crippen LogP contribution in [0.4, 0.5) is 0 Å². The van der Waals surface area contributed by atoms with Gasteiger partial charge in [-0.3, -0.25) is 9.80 Å². The molecule has 0 radical (unpaired) electrons. The first kappa shape index (κ1) is 25.9. The molecule has 6 nitrogen and oxygen atoms in total. The highest BCUT2D eigenvalue weighted by molar-refractivity contribution is 5.30. The summed E-state index contributed by atoms with van der Waals surface area (Å²) < 4.78 is 11.2. The smallest absolute Gasteiger partial charge is 0.119 e. The number of piperidine rings is 2. The molecule has 1 unspecified atom stereocenters. The van der Waals surface area contributed by atoms with E-state index in [1.807, 2.05) is 0 Å². The molecular formula is C28H48N4O2. The average Bonchev–Trinajstić information content (AvgIpc) is 2.88. The van der Waals surface area contributed by atoms with Gasteiger partial charge in [0.2, 0.25) is 0 Å². The summed E-state index contributed by atoms with van der Waals surface area (Å²) in [5.41, 5.74) is 1.43. The first-order valence-electron chi connectivity index (χ1n) is 13.8. The van der Waals surface area contributed by atoms with Crippen LogP contribution in [0.1, 0.15) is 57.6 Å². The quantitative estimate of drug-likeness (QED) is 0.516. The summed E-state index contributed by atoms with van der Waals surface area (Å²) in [5.74, 6) is 0.976. The Morgan fingerprint density at radius 1 is 0.824 bits per heavy atom. The first-order valence-corrected chi connectivity index (χ1v) is 13.8. The number of methoxy groups -OCH3 is 1. The van der Waals surface area contributed by atoms with Crippen LogP contribution in [0.2, 0.25) is 0 Å². The lowest BCUT2D eigenvalue weighted by molar-refractivity contribution is 0.0445. The molecule has 0 saturated carbocycles. The highest BCUT2D eigenvalue weighted by atomic mass is 16.5.